The lowest BCUT2D eigenvalue weighted by atomic mass is 10.2. The van der Waals surface area contributed by atoms with Gasteiger partial charge in [0.05, 0.1) is 0 Å². The number of carbonyl (C=O) groups is 1. The molecule has 0 unspecified atom stereocenters. The molecule has 0 saturated carbocycles. The van der Waals surface area contributed by atoms with Crippen molar-refractivity contribution in [3.8, 4) is 0 Å². The average molecular weight is 187 g/mol. The zero-order valence-electron chi connectivity index (χ0n) is 6.34. The highest BCUT2D eigenvalue weighted by atomic mass is 35.5. The van der Waals surface area contributed by atoms with Gasteiger partial charge in [0.15, 0.2) is 0 Å². The predicted octanol–water partition coefficient (Wildman–Crippen LogP) is 1.16. The molecular formula is C7H7ClN2O2. The summed E-state index contributed by atoms with van der Waals surface area (Å²) in [5.74, 6) is -0.595. The second-order valence-electron chi connectivity index (χ2n) is 2.26. The number of hydrogen-bond acceptors (Lipinski definition) is 3. The Labute approximate surface area is 74.1 Å². The Kier molecular flexibility index (Phi) is 2.62. The fraction of sp³-hybridized carbons (Fsp3) is 0.143. The third kappa shape index (κ3) is 1.93. The van der Waals surface area contributed by atoms with E-state index >= 15 is 0 Å². The number of aryl methyl sites for hydroxylation is 1. The SMILES string of the molecule is Cc1cc(C(=O)NO)cc(Cl)n1. The first-order valence-electron chi connectivity index (χ1n) is 3.22. The number of nitrogens with one attached hydrogen (secondary N) is 1. The maximum atomic E-state index is 10.9. The molecule has 0 aromatic carbocycles. The van der Waals surface area contributed by atoms with E-state index in [1.54, 1.807) is 6.92 Å². The topological polar surface area (TPSA) is 62.2 Å². The Morgan fingerprint density at radius 2 is 2.33 bits per heavy atom. The highest BCUT2D eigenvalue weighted by molar-refractivity contribution is 6.29. The molecule has 0 radical (unpaired) electrons. The lowest BCUT2D eigenvalue weighted by Crippen LogP contribution is -2.18. The Hall–Kier alpha value is -1.13. The summed E-state index contributed by atoms with van der Waals surface area (Å²) in [5.41, 5.74) is 2.42. The summed E-state index contributed by atoms with van der Waals surface area (Å²) in [4.78, 5) is 14.7. The van der Waals surface area contributed by atoms with Gasteiger partial charge < -0.3 is 0 Å². The summed E-state index contributed by atoms with van der Waals surface area (Å²) in [6.07, 6.45) is 0. The number of amides is 1. The molecule has 0 saturated heterocycles. The second kappa shape index (κ2) is 3.51. The van der Waals surface area contributed by atoms with Crippen LogP contribution in [-0.4, -0.2) is 16.1 Å². The van der Waals surface area contributed by atoms with Crippen LogP contribution in [0.4, 0.5) is 0 Å². The van der Waals surface area contributed by atoms with Crippen LogP contribution in [0.15, 0.2) is 12.1 Å². The van der Waals surface area contributed by atoms with E-state index in [-0.39, 0.29) is 10.7 Å². The maximum Gasteiger partial charge on any atom is 0.274 e. The van der Waals surface area contributed by atoms with Gasteiger partial charge in [0, 0.05) is 11.3 Å². The number of nitrogens with zero attached hydrogens (tertiary/aromatic N) is 1. The van der Waals surface area contributed by atoms with Crippen molar-refractivity contribution in [1.29, 1.82) is 0 Å². The molecule has 1 aromatic heterocycles. The monoisotopic (exact) mass is 186 g/mol. The van der Waals surface area contributed by atoms with Crippen molar-refractivity contribution in [2.45, 2.75) is 6.92 Å². The highest BCUT2D eigenvalue weighted by Crippen LogP contribution is 2.09. The zero-order chi connectivity index (χ0) is 9.14. The van der Waals surface area contributed by atoms with Crippen LogP contribution in [0.3, 0.4) is 0 Å². The van der Waals surface area contributed by atoms with Crippen molar-refractivity contribution in [3.63, 3.8) is 0 Å². The van der Waals surface area contributed by atoms with Crippen LogP contribution in [0.2, 0.25) is 5.15 Å². The Bertz CT molecular complexity index is 294. The van der Waals surface area contributed by atoms with Gasteiger partial charge in [-0.05, 0) is 19.1 Å². The fourth-order valence-electron chi connectivity index (χ4n) is 0.824. The smallest absolute Gasteiger partial charge is 0.274 e. The van der Waals surface area contributed by atoms with Gasteiger partial charge in [-0.2, -0.15) is 0 Å². The largest absolute Gasteiger partial charge is 0.288 e. The lowest BCUT2D eigenvalue weighted by Gasteiger charge is -1.99. The van der Waals surface area contributed by atoms with Crippen LogP contribution in [-0.2, 0) is 0 Å². The van der Waals surface area contributed by atoms with Gasteiger partial charge >= 0.3 is 0 Å². The quantitative estimate of drug-likeness (QED) is 0.393. The summed E-state index contributed by atoms with van der Waals surface area (Å²) >= 11 is 5.58. The Morgan fingerprint density at radius 3 is 2.83 bits per heavy atom. The Morgan fingerprint density at radius 1 is 1.67 bits per heavy atom. The standard InChI is InChI=1S/C7H7ClN2O2/c1-4-2-5(7(11)10-12)3-6(8)9-4/h2-3,12H,1H3,(H,10,11). The first kappa shape index (κ1) is 8.96. The van der Waals surface area contributed by atoms with Crippen LogP contribution in [0, 0.1) is 6.92 Å². The van der Waals surface area contributed by atoms with E-state index in [0.717, 1.165) is 0 Å². The molecule has 2 N–H and O–H groups in total. The number of halogens is 1. The van der Waals surface area contributed by atoms with Gasteiger partial charge in [-0.15, -0.1) is 0 Å². The first-order valence-corrected chi connectivity index (χ1v) is 3.60. The molecule has 0 aliphatic carbocycles. The number of hydroxylamine groups is 1. The normalized spacial score (nSPS) is 9.58. The third-order valence-corrected chi connectivity index (χ3v) is 1.48. The third-order valence-electron chi connectivity index (χ3n) is 1.29. The predicted molar refractivity (Wildman–Crippen MR) is 43.2 cm³/mol. The number of carbonyl (C=O) groups excluding carboxylic acids is 1. The molecule has 0 spiro atoms. The zero-order valence-corrected chi connectivity index (χ0v) is 7.09. The molecule has 1 amide bonds. The number of rotatable bonds is 1. The number of pyridine rings is 1. The van der Waals surface area contributed by atoms with Crippen LogP contribution in [0.5, 0.6) is 0 Å². The number of hydrogen-bond donors (Lipinski definition) is 2. The summed E-state index contributed by atoms with van der Waals surface area (Å²) in [6.45, 7) is 1.71. The second-order valence-corrected chi connectivity index (χ2v) is 2.65. The molecule has 0 bridgehead atoms. The van der Waals surface area contributed by atoms with Crippen LogP contribution < -0.4 is 5.48 Å². The van der Waals surface area contributed by atoms with Crippen LogP contribution in [0.25, 0.3) is 0 Å². The maximum absolute atomic E-state index is 10.9. The average Bonchev–Trinajstić information content (AvgIpc) is 2.01. The summed E-state index contributed by atoms with van der Waals surface area (Å²) in [6, 6.07) is 2.90. The minimum absolute atomic E-state index is 0.230. The van der Waals surface area contributed by atoms with Crippen molar-refractivity contribution < 1.29 is 10.0 Å². The van der Waals surface area contributed by atoms with E-state index in [0.29, 0.717) is 5.69 Å². The number of aromatic nitrogens is 1. The molecule has 12 heavy (non-hydrogen) atoms. The van der Waals surface area contributed by atoms with Crippen molar-refractivity contribution in [1.82, 2.24) is 10.5 Å². The van der Waals surface area contributed by atoms with E-state index in [2.05, 4.69) is 4.98 Å². The molecule has 0 aliphatic rings. The molecular weight excluding hydrogens is 180 g/mol. The highest BCUT2D eigenvalue weighted by Gasteiger charge is 2.05. The minimum Gasteiger partial charge on any atom is -0.288 e. The van der Waals surface area contributed by atoms with Crippen LogP contribution >= 0.6 is 11.6 Å². The lowest BCUT2D eigenvalue weighted by molar-refractivity contribution is 0.0706. The van der Waals surface area contributed by atoms with Gasteiger partial charge in [-0.25, -0.2) is 10.5 Å². The summed E-state index contributed by atoms with van der Waals surface area (Å²) in [7, 11) is 0. The fourth-order valence-corrected chi connectivity index (χ4v) is 1.07. The van der Waals surface area contributed by atoms with Gasteiger partial charge in [-0.1, -0.05) is 11.6 Å². The summed E-state index contributed by atoms with van der Waals surface area (Å²) in [5, 5.41) is 8.54. The van der Waals surface area contributed by atoms with E-state index < -0.39 is 5.91 Å². The first-order chi connectivity index (χ1) is 5.63. The molecule has 1 rings (SSSR count). The van der Waals surface area contributed by atoms with E-state index in [1.165, 1.54) is 17.6 Å². The van der Waals surface area contributed by atoms with Crippen LogP contribution in [0.1, 0.15) is 16.1 Å². The molecule has 0 atom stereocenters. The van der Waals surface area contributed by atoms with E-state index in [4.69, 9.17) is 16.8 Å². The molecule has 1 aromatic rings. The Balaban J connectivity index is 3.08. The molecule has 1 heterocycles. The van der Waals surface area contributed by atoms with Gasteiger partial charge in [0.2, 0.25) is 0 Å². The van der Waals surface area contributed by atoms with E-state index in [9.17, 15) is 4.79 Å². The van der Waals surface area contributed by atoms with Crippen molar-refractivity contribution in [2.24, 2.45) is 0 Å². The minimum atomic E-state index is -0.595. The van der Waals surface area contributed by atoms with Gasteiger partial charge in [-0.3, -0.25) is 10.0 Å². The summed E-state index contributed by atoms with van der Waals surface area (Å²) < 4.78 is 0. The van der Waals surface area contributed by atoms with Crippen molar-refractivity contribution in [2.75, 3.05) is 0 Å². The molecule has 5 heteroatoms. The molecule has 64 valence electrons. The molecule has 4 nitrogen and oxygen atoms in total. The van der Waals surface area contributed by atoms with Gasteiger partial charge in [0.1, 0.15) is 5.15 Å². The van der Waals surface area contributed by atoms with Crippen molar-refractivity contribution in [3.05, 3.63) is 28.5 Å². The van der Waals surface area contributed by atoms with Gasteiger partial charge in [0.25, 0.3) is 5.91 Å². The van der Waals surface area contributed by atoms with E-state index in [1.807, 2.05) is 0 Å². The molecule has 0 aliphatic heterocycles. The molecule has 0 fully saturated rings. The van der Waals surface area contributed by atoms with Crippen molar-refractivity contribution >= 4 is 17.5 Å².